The van der Waals surface area contributed by atoms with Gasteiger partial charge in [-0.2, -0.15) is 5.10 Å². The van der Waals surface area contributed by atoms with Gasteiger partial charge in [0, 0.05) is 12.3 Å². The molecule has 0 unspecified atom stereocenters. The van der Waals surface area contributed by atoms with E-state index < -0.39 is 16.6 Å². The Labute approximate surface area is 99.8 Å². The molecule has 2 N–H and O–H groups in total. The van der Waals surface area contributed by atoms with Gasteiger partial charge < -0.3 is 5.32 Å². The summed E-state index contributed by atoms with van der Waals surface area (Å²) in [5, 5.41) is 18.7. The Morgan fingerprint density at radius 1 is 1.50 bits per heavy atom. The summed E-state index contributed by atoms with van der Waals surface area (Å²) < 4.78 is 13.5. The van der Waals surface area contributed by atoms with Gasteiger partial charge >= 0.3 is 0 Å². The summed E-state index contributed by atoms with van der Waals surface area (Å²) in [6.07, 6.45) is 2.62. The minimum atomic E-state index is -0.874. The van der Waals surface area contributed by atoms with Crippen molar-refractivity contribution in [1.82, 2.24) is 10.2 Å². The first-order valence-electron chi connectivity index (χ1n) is 4.82. The number of nitro groups is 1. The molecule has 2 rings (SSSR count). The van der Waals surface area contributed by atoms with Crippen LogP contribution in [0.25, 0.3) is 0 Å². The third kappa shape index (κ3) is 2.32. The molecule has 0 fully saturated rings. The molecule has 0 aliphatic heterocycles. The minimum absolute atomic E-state index is 0.133. The number of rotatable bonds is 3. The summed E-state index contributed by atoms with van der Waals surface area (Å²) >= 11 is 0. The van der Waals surface area contributed by atoms with Crippen LogP contribution >= 0.6 is 0 Å². The summed E-state index contributed by atoms with van der Waals surface area (Å²) in [4.78, 5) is 21.3. The van der Waals surface area contributed by atoms with E-state index in [-0.39, 0.29) is 16.9 Å². The zero-order valence-electron chi connectivity index (χ0n) is 8.88. The first kappa shape index (κ1) is 11.7. The molecule has 0 radical (unpaired) electrons. The van der Waals surface area contributed by atoms with Gasteiger partial charge in [-0.1, -0.05) is 0 Å². The van der Waals surface area contributed by atoms with Crippen molar-refractivity contribution in [3.63, 3.8) is 0 Å². The molecular formula is C10H7FN4O3. The van der Waals surface area contributed by atoms with Crippen LogP contribution in [0.15, 0.2) is 30.6 Å². The van der Waals surface area contributed by atoms with Crippen molar-refractivity contribution in [2.75, 3.05) is 5.32 Å². The number of hydrogen-bond donors (Lipinski definition) is 2. The number of non-ortho nitro benzene ring substituents is 1. The van der Waals surface area contributed by atoms with Gasteiger partial charge in [0.15, 0.2) is 5.82 Å². The Kier molecular flexibility index (Phi) is 3.00. The van der Waals surface area contributed by atoms with Gasteiger partial charge in [-0.05, 0) is 6.07 Å². The molecule has 1 amide bonds. The molecular weight excluding hydrogens is 243 g/mol. The SMILES string of the molecule is O=C(Nc1ccc([N+](=O)[O-])cc1F)c1cn[nH]c1. The molecule has 92 valence electrons. The van der Waals surface area contributed by atoms with Crippen LogP contribution in [0.4, 0.5) is 15.8 Å². The summed E-state index contributed by atoms with van der Waals surface area (Å²) in [6, 6.07) is 2.98. The lowest BCUT2D eigenvalue weighted by molar-refractivity contribution is -0.385. The number of nitrogens with zero attached hydrogens (tertiary/aromatic N) is 2. The molecule has 0 spiro atoms. The highest BCUT2D eigenvalue weighted by Gasteiger charge is 2.13. The fraction of sp³-hybridized carbons (Fsp3) is 0. The minimum Gasteiger partial charge on any atom is -0.319 e. The zero-order valence-corrected chi connectivity index (χ0v) is 8.88. The van der Waals surface area contributed by atoms with Crippen LogP contribution in [0.5, 0.6) is 0 Å². The molecule has 0 saturated heterocycles. The molecule has 0 atom stereocenters. The maximum atomic E-state index is 13.5. The Morgan fingerprint density at radius 2 is 2.28 bits per heavy atom. The van der Waals surface area contributed by atoms with Crippen molar-refractivity contribution in [2.45, 2.75) is 0 Å². The number of carbonyl (C=O) groups excluding carboxylic acids is 1. The third-order valence-corrected chi connectivity index (χ3v) is 2.17. The highest BCUT2D eigenvalue weighted by molar-refractivity contribution is 6.03. The molecule has 1 aromatic heterocycles. The molecule has 0 saturated carbocycles. The first-order chi connectivity index (χ1) is 8.58. The van der Waals surface area contributed by atoms with Gasteiger partial charge in [0.1, 0.15) is 0 Å². The van der Waals surface area contributed by atoms with Gasteiger partial charge in [0.25, 0.3) is 11.6 Å². The average molecular weight is 250 g/mol. The van der Waals surface area contributed by atoms with Crippen LogP contribution in [0.2, 0.25) is 0 Å². The number of carbonyl (C=O) groups is 1. The third-order valence-electron chi connectivity index (χ3n) is 2.17. The number of H-pyrrole nitrogens is 1. The number of aromatic amines is 1. The van der Waals surface area contributed by atoms with Crippen molar-refractivity contribution in [3.8, 4) is 0 Å². The number of halogens is 1. The van der Waals surface area contributed by atoms with E-state index >= 15 is 0 Å². The molecule has 0 bridgehead atoms. The molecule has 18 heavy (non-hydrogen) atoms. The Bertz CT molecular complexity index is 597. The summed E-state index contributed by atoms with van der Waals surface area (Å²) in [5.41, 5.74) is -0.284. The second-order valence-electron chi connectivity index (χ2n) is 3.36. The van der Waals surface area contributed by atoms with Crippen LogP contribution in [0, 0.1) is 15.9 Å². The summed E-state index contributed by atoms with van der Waals surface area (Å²) in [7, 11) is 0. The van der Waals surface area contributed by atoms with Gasteiger partial charge in [0.2, 0.25) is 0 Å². The highest BCUT2D eigenvalue weighted by atomic mass is 19.1. The van der Waals surface area contributed by atoms with Crippen LogP contribution in [-0.4, -0.2) is 21.0 Å². The summed E-state index contributed by atoms with van der Waals surface area (Å²) in [6.45, 7) is 0. The fourth-order valence-corrected chi connectivity index (χ4v) is 1.29. The van der Waals surface area contributed by atoms with E-state index in [1.807, 2.05) is 0 Å². The predicted octanol–water partition coefficient (Wildman–Crippen LogP) is 1.71. The number of benzene rings is 1. The lowest BCUT2D eigenvalue weighted by atomic mass is 10.2. The second kappa shape index (κ2) is 4.62. The number of anilines is 1. The molecule has 8 heteroatoms. The lowest BCUT2D eigenvalue weighted by Crippen LogP contribution is -2.12. The van der Waals surface area contributed by atoms with Gasteiger partial charge in [-0.3, -0.25) is 20.0 Å². The van der Waals surface area contributed by atoms with E-state index in [0.29, 0.717) is 0 Å². The van der Waals surface area contributed by atoms with Crippen LogP contribution in [0.3, 0.4) is 0 Å². The van der Waals surface area contributed by atoms with Crippen molar-refractivity contribution >= 4 is 17.3 Å². The van der Waals surface area contributed by atoms with Crippen molar-refractivity contribution in [3.05, 3.63) is 52.1 Å². The lowest BCUT2D eigenvalue weighted by Gasteiger charge is -2.04. The van der Waals surface area contributed by atoms with Crippen LogP contribution in [-0.2, 0) is 0 Å². The standard InChI is InChI=1S/C10H7FN4O3/c11-8-3-7(15(17)18)1-2-9(8)14-10(16)6-4-12-13-5-6/h1-5H,(H,12,13)(H,14,16). The quantitative estimate of drug-likeness (QED) is 0.639. The highest BCUT2D eigenvalue weighted by Crippen LogP contribution is 2.20. The Balaban J connectivity index is 2.20. The average Bonchev–Trinajstić information content (AvgIpc) is 2.85. The van der Waals surface area contributed by atoms with E-state index in [4.69, 9.17) is 0 Å². The fourth-order valence-electron chi connectivity index (χ4n) is 1.29. The molecule has 7 nitrogen and oxygen atoms in total. The number of amides is 1. The summed E-state index contributed by atoms with van der Waals surface area (Å²) in [5.74, 6) is -1.43. The normalized spacial score (nSPS) is 10.1. The van der Waals surface area contributed by atoms with Crippen LogP contribution in [0.1, 0.15) is 10.4 Å². The largest absolute Gasteiger partial charge is 0.319 e. The van der Waals surface area contributed by atoms with E-state index in [1.54, 1.807) is 0 Å². The second-order valence-corrected chi connectivity index (χ2v) is 3.36. The van der Waals surface area contributed by atoms with E-state index in [1.165, 1.54) is 12.4 Å². The van der Waals surface area contributed by atoms with Crippen molar-refractivity contribution in [2.24, 2.45) is 0 Å². The van der Waals surface area contributed by atoms with Gasteiger partial charge in [-0.15, -0.1) is 0 Å². The van der Waals surface area contributed by atoms with E-state index in [9.17, 15) is 19.3 Å². The maximum Gasteiger partial charge on any atom is 0.272 e. The zero-order chi connectivity index (χ0) is 13.1. The number of nitro benzene ring substituents is 1. The van der Waals surface area contributed by atoms with Crippen molar-refractivity contribution in [1.29, 1.82) is 0 Å². The number of hydrogen-bond acceptors (Lipinski definition) is 4. The topological polar surface area (TPSA) is 101 Å². The Morgan fingerprint density at radius 3 is 2.83 bits per heavy atom. The van der Waals surface area contributed by atoms with E-state index in [2.05, 4.69) is 15.5 Å². The predicted molar refractivity (Wildman–Crippen MR) is 59.6 cm³/mol. The smallest absolute Gasteiger partial charge is 0.272 e. The monoisotopic (exact) mass is 250 g/mol. The van der Waals surface area contributed by atoms with Crippen LogP contribution < -0.4 is 5.32 Å². The van der Waals surface area contributed by atoms with Gasteiger partial charge in [-0.25, -0.2) is 4.39 Å². The van der Waals surface area contributed by atoms with Crippen molar-refractivity contribution < 1.29 is 14.1 Å². The number of aromatic nitrogens is 2. The van der Waals surface area contributed by atoms with E-state index in [0.717, 1.165) is 18.2 Å². The van der Waals surface area contributed by atoms with Gasteiger partial charge in [0.05, 0.1) is 28.4 Å². The number of nitrogens with one attached hydrogen (secondary N) is 2. The molecule has 0 aliphatic carbocycles. The molecule has 2 aromatic rings. The molecule has 1 aromatic carbocycles. The first-order valence-corrected chi connectivity index (χ1v) is 4.82. The molecule has 1 heterocycles. The molecule has 0 aliphatic rings. The Hall–Kier alpha value is -2.77. The maximum absolute atomic E-state index is 13.5.